The van der Waals surface area contributed by atoms with Crippen molar-refractivity contribution in [3.05, 3.63) is 0 Å². The molecule has 1 rings (SSSR count). The average Bonchev–Trinajstić information content (AvgIpc) is 2.33. The topological polar surface area (TPSA) is 63.4 Å². The molecule has 1 fully saturated rings. The van der Waals surface area contributed by atoms with Crippen molar-refractivity contribution in [3.63, 3.8) is 0 Å². The highest BCUT2D eigenvalue weighted by molar-refractivity contribution is 5.73. The highest BCUT2D eigenvalue weighted by atomic mass is 16.1. The summed E-state index contributed by atoms with van der Waals surface area (Å²) in [6.45, 7) is 3.15. The first kappa shape index (κ1) is 14.2. The second-order valence-electron chi connectivity index (χ2n) is 4.95. The molecule has 1 amide bonds. The van der Waals surface area contributed by atoms with Gasteiger partial charge in [-0.2, -0.15) is 0 Å². The van der Waals surface area contributed by atoms with Crippen molar-refractivity contribution >= 4 is 12.2 Å². The predicted molar refractivity (Wildman–Crippen MR) is 67.5 cm³/mol. The molecule has 0 saturated carbocycles. The van der Waals surface area contributed by atoms with Crippen LogP contribution in [-0.4, -0.2) is 36.7 Å². The van der Waals surface area contributed by atoms with Crippen LogP contribution in [0.1, 0.15) is 44.9 Å². The van der Waals surface area contributed by atoms with Crippen LogP contribution in [0.15, 0.2) is 0 Å². The Morgan fingerprint density at radius 2 is 2.00 bits per heavy atom. The van der Waals surface area contributed by atoms with Crippen molar-refractivity contribution in [3.8, 4) is 0 Å². The zero-order valence-corrected chi connectivity index (χ0v) is 10.6. The Labute approximate surface area is 104 Å². The Morgan fingerprint density at radius 1 is 1.29 bits per heavy atom. The number of primary amides is 1. The number of hydrogen-bond donors (Lipinski definition) is 1. The van der Waals surface area contributed by atoms with E-state index in [0.29, 0.717) is 12.8 Å². The molecule has 0 unspecified atom stereocenters. The van der Waals surface area contributed by atoms with Crippen LogP contribution in [0.25, 0.3) is 0 Å². The van der Waals surface area contributed by atoms with E-state index in [1.807, 2.05) is 0 Å². The molecule has 0 atom stereocenters. The number of hydrogen-bond acceptors (Lipinski definition) is 3. The van der Waals surface area contributed by atoms with Gasteiger partial charge >= 0.3 is 0 Å². The van der Waals surface area contributed by atoms with E-state index in [4.69, 9.17) is 5.73 Å². The highest BCUT2D eigenvalue weighted by Gasteiger charge is 2.18. The number of carbonyl (C=O) groups is 2. The lowest BCUT2D eigenvalue weighted by molar-refractivity contribution is -0.118. The Kier molecular flexibility index (Phi) is 6.86. The molecular formula is C13H24N2O2. The molecule has 4 heteroatoms. The van der Waals surface area contributed by atoms with Crippen LogP contribution in [0.4, 0.5) is 0 Å². The van der Waals surface area contributed by atoms with Gasteiger partial charge in [-0.1, -0.05) is 12.8 Å². The molecule has 0 radical (unpaired) electrons. The van der Waals surface area contributed by atoms with Gasteiger partial charge in [0.1, 0.15) is 6.29 Å². The third-order valence-electron chi connectivity index (χ3n) is 3.56. The van der Waals surface area contributed by atoms with Crippen LogP contribution < -0.4 is 5.73 Å². The molecule has 0 aromatic heterocycles. The lowest BCUT2D eigenvalue weighted by atomic mass is 9.91. The number of rotatable bonds is 8. The summed E-state index contributed by atoms with van der Waals surface area (Å²) >= 11 is 0. The molecule has 0 aromatic carbocycles. The van der Waals surface area contributed by atoms with Gasteiger partial charge in [-0.25, -0.2) is 0 Å². The van der Waals surface area contributed by atoms with E-state index >= 15 is 0 Å². The summed E-state index contributed by atoms with van der Waals surface area (Å²) in [6.07, 6.45) is 7.90. The smallest absolute Gasteiger partial charge is 0.217 e. The van der Waals surface area contributed by atoms with E-state index in [1.54, 1.807) is 0 Å². The largest absolute Gasteiger partial charge is 0.370 e. The maximum absolute atomic E-state index is 10.6. The van der Waals surface area contributed by atoms with Crippen LogP contribution in [0.3, 0.4) is 0 Å². The van der Waals surface area contributed by atoms with Crippen LogP contribution in [-0.2, 0) is 9.59 Å². The average molecular weight is 240 g/mol. The molecule has 98 valence electrons. The second kappa shape index (κ2) is 8.23. The Balaban J connectivity index is 2.02. The van der Waals surface area contributed by atoms with Gasteiger partial charge in [-0.3, -0.25) is 4.79 Å². The van der Waals surface area contributed by atoms with Gasteiger partial charge in [0, 0.05) is 19.4 Å². The van der Waals surface area contributed by atoms with Crippen molar-refractivity contribution < 1.29 is 9.59 Å². The number of amides is 1. The van der Waals surface area contributed by atoms with Crippen molar-refractivity contribution in [1.29, 1.82) is 0 Å². The minimum atomic E-state index is -0.186. The van der Waals surface area contributed by atoms with Gasteiger partial charge < -0.3 is 15.4 Å². The standard InChI is InChI=1S/C13H24N2O2/c14-13(17)5-2-1-4-12-6-9-15(10-7-12)8-3-11-16/h11-12H,1-10H2,(H2,14,17). The van der Waals surface area contributed by atoms with Gasteiger partial charge in [0.25, 0.3) is 0 Å². The lowest BCUT2D eigenvalue weighted by Crippen LogP contribution is -2.34. The number of aldehydes is 1. The molecule has 1 saturated heterocycles. The summed E-state index contributed by atoms with van der Waals surface area (Å²) in [6, 6.07) is 0. The number of likely N-dealkylation sites (tertiary alicyclic amines) is 1. The van der Waals surface area contributed by atoms with Gasteiger partial charge in [-0.05, 0) is 38.3 Å². The van der Waals surface area contributed by atoms with Crippen LogP contribution >= 0.6 is 0 Å². The predicted octanol–water partition coefficient (Wildman–Crippen LogP) is 1.33. The maximum Gasteiger partial charge on any atom is 0.217 e. The third-order valence-corrected chi connectivity index (χ3v) is 3.56. The molecule has 2 N–H and O–H groups in total. The van der Waals surface area contributed by atoms with Crippen molar-refractivity contribution in [2.24, 2.45) is 11.7 Å². The molecule has 17 heavy (non-hydrogen) atoms. The fraction of sp³-hybridized carbons (Fsp3) is 0.846. The molecular weight excluding hydrogens is 216 g/mol. The minimum Gasteiger partial charge on any atom is -0.370 e. The summed E-state index contributed by atoms with van der Waals surface area (Å²) in [5, 5.41) is 0. The molecule has 0 spiro atoms. The summed E-state index contributed by atoms with van der Waals surface area (Å²) in [5.41, 5.74) is 5.10. The Morgan fingerprint density at radius 3 is 2.59 bits per heavy atom. The van der Waals surface area contributed by atoms with E-state index in [-0.39, 0.29) is 5.91 Å². The fourth-order valence-electron chi connectivity index (χ4n) is 2.47. The second-order valence-corrected chi connectivity index (χ2v) is 4.95. The first-order chi connectivity index (χ1) is 8.22. The molecule has 0 aromatic rings. The summed E-state index contributed by atoms with van der Waals surface area (Å²) in [4.78, 5) is 23.2. The quantitative estimate of drug-likeness (QED) is 0.514. The normalized spacial score (nSPS) is 18.1. The van der Waals surface area contributed by atoms with E-state index in [0.717, 1.165) is 44.7 Å². The first-order valence-electron chi connectivity index (χ1n) is 6.66. The number of nitrogens with two attached hydrogens (primary N) is 1. The molecule has 1 aliphatic rings. The van der Waals surface area contributed by atoms with E-state index in [1.165, 1.54) is 19.3 Å². The summed E-state index contributed by atoms with van der Waals surface area (Å²) < 4.78 is 0. The number of piperidine rings is 1. The Bertz CT molecular complexity index is 236. The zero-order chi connectivity index (χ0) is 12.5. The third kappa shape index (κ3) is 6.41. The van der Waals surface area contributed by atoms with Gasteiger partial charge in [-0.15, -0.1) is 0 Å². The summed E-state index contributed by atoms with van der Waals surface area (Å²) in [5.74, 6) is 0.615. The summed E-state index contributed by atoms with van der Waals surface area (Å²) in [7, 11) is 0. The van der Waals surface area contributed by atoms with Gasteiger partial charge in [0.15, 0.2) is 0 Å². The van der Waals surface area contributed by atoms with E-state index < -0.39 is 0 Å². The van der Waals surface area contributed by atoms with Crippen molar-refractivity contribution in [2.45, 2.75) is 44.9 Å². The number of nitrogens with zero attached hydrogens (tertiary/aromatic N) is 1. The van der Waals surface area contributed by atoms with Crippen LogP contribution in [0.5, 0.6) is 0 Å². The Hall–Kier alpha value is -0.900. The number of unbranched alkanes of at least 4 members (excludes halogenated alkanes) is 1. The molecule has 4 nitrogen and oxygen atoms in total. The van der Waals surface area contributed by atoms with Crippen LogP contribution in [0, 0.1) is 5.92 Å². The lowest BCUT2D eigenvalue weighted by Gasteiger charge is -2.31. The maximum atomic E-state index is 10.6. The van der Waals surface area contributed by atoms with Gasteiger partial charge in [0.2, 0.25) is 5.91 Å². The minimum absolute atomic E-state index is 0.186. The zero-order valence-electron chi connectivity index (χ0n) is 10.6. The molecule has 1 aliphatic heterocycles. The van der Waals surface area contributed by atoms with E-state index in [2.05, 4.69) is 4.90 Å². The van der Waals surface area contributed by atoms with Crippen molar-refractivity contribution in [2.75, 3.05) is 19.6 Å². The monoisotopic (exact) mass is 240 g/mol. The number of carbonyl (C=O) groups excluding carboxylic acids is 2. The van der Waals surface area contributed by atoms with E-state index in [9.17, 15) is 9.59 Å². The van der Waals surface area contributed by atoms with Crippen molar-refractivity contribution in [1.82, 2.24) is 4.90 Å². The van der Waals surface area contributed by atoms with Gasteiger partial charge in [0.05, 0.1) is 0 Å². The fourth-order valence-corrected chi connectivity index (χ4v) is 2.47. The molecule has 1 heterocycles. The first-order valence-corrected chi connectivity index (χ1v) is 6.66. The molecule has 0 aliphatic carbocycles. The highest BCUT2D eigenvalue weighted by Crippen LogP contribution is 2.22. The van der Waals surface area contributed by atoms with Crippen LogP contribution in [0.2, 0.25) is 0 Å². The SMILES string of the molecule is NC(=O)CCCCC1CCN(CCC=O)CC1. The molecule has 0 bridgehead atoms.